The van der Waals surface area contributed by atoms with Gasteiger partial charge in [0.05, 0.1) is 0 Å². The van der Waals surface area contributed by atoms with Crippen molar-refractivity contribution < 1.29 is 9.84 Å². The third-order valence-corrected chi connectivity index (χ3v) is 6.48. The summed E-state index contributed by atoms with van der Waals surface area (Å²) in [4.78, 5) is 2.53. The summed E-state index contributed by atoms with van der Waals surface area (Å²) in [5.74, 6) is 1.43. The van der Waals surface area contributed by atoms with E-state index in [0.717, 1.165) is 25.3 Å². The summed E-state index contributed by atoms with van der Waals surface area (Å²) >= 11 is 0. The number of aliphatic hydroxyl groups is 1. The molecule has 0 heterocycles. The van der Waals surface area contributed by atoms with Crippen molar-refractivity contribution in [2.24, 2.45) is 5.92 Å². The van der Waals surface area contributed by atoms with Crippen LogP contribution in [0.2, 0.25) is 0 Å². The maximum absolute atomic E-state index is 10.3. The minimum atomic E-state index is -0.210. The van der Waals surface area contributed by atoms with Gasteiger partial charge in [0.25, 0.3) is 0 Å². The molecule has 0 saturated heterocycles. The van der Waals surface area contributed by atoms with Crippen LogP contribution in [0.1, 0.15) is 57.2 Å². The van der Waals surface area contributed by atoms with E-state index in [-0.39, 0.29) is 18.1 Å². The van der Waals surface area contributed by atoms with Gasteiger partial charge in [-0.25, -0.2) is 0 Å². The molecule has 0 bridgehead atoms. The highest BCUT2D eigenvalue weighted by molar-refractivity contribution is 5.28. The Morgan fingerprint density at radius 3 is 1.94 bits per heavy atom. The first-order valence-electron chi connectivity index (χ1n) is 12.5. The number of benzene rings is 3. The Morgan fingerprint density at radius 2 is 1.38 bits per heavy atom. The highest BCUT2D eigenvalue weighted by Crippen LogP contribution is 2.26. The highest BCUT2D eigenvalue weighted by atomic mass is 16.5. The van der Waals surface area contributed by atoms with E-state index in [2.05, 4.69) is 112 Å². The summed E-state index contributed by atoms with van der Waals surface area (Å²) in [6, 6.07) is 30.0. The second kappa shape index (κ2) is 12.2. The van der Waals surface area contributed by atoms with E-state index in [1.807, 2.05) is 12.1 Å². The molecule has 34 heavy (non-hydrogen) atoms. The van der Waals surface area contributed by atoms with E-state index >= 15 is 0 Å². The Hall–Kier alpha value is -2.62. The number of hydrogen-bond acceptors (Lipinski definition) is 3. The van der Waals surface area contributed by atoms with Gasteiger partial charge in [0.2, 0.25) is 0 Å². The molecule has 0 saturated carbocycles. The zero-order chi connectivity index (χ0) is 24.6. The van der Waals surface area contributed by atoms with Gasteiger partial charge in [-0.2, -0.15) is 0 Å². The standard InChI is InChI=1S/C31H41NO2/c1-24(29-14-10-7-11-15-29)25(2)32(21-27-12-8-6-9-13-27)22-28(23-33)20-26-16-18-30(19-17-26)34-31(3,4)5/h6-19,24-25,28,33H,20-23H2,1-5H3/t24?,25-,28-/m0/s1. The molecule has 0 aliphatic heterocycles. The molecule has 3 rings (SSSR count). The fraction of sp³-hybridized carbons (Fsp3) is 0.419. The van der Waals surface area contributed by atoms with Crippen molar-refractivity contribution in [2.75, 3.05) is 13.2 Å². The molecular formula is C31H41NO2. The van der Waals surface area contributed by atoms with Crippen LogP contribution in [0.15, 0.2) is 84.9 Å². The van der Waals surface area contributed by atoms with Crippen molar-refractivity contribution in [3.8, 4) is 5.75 Å². The number of aliphatic hydroxyl groups excluding tert-OH is 1. The van der Waals surface area contributed by atoms with Gasteiger partial charge >= 0.3 is 0 Å². The lowest BCUT2D eigenvalue weighted by Gasteiger charge is -2.36. The van der Waals surface area contributed by atoms with Gasteiger partial charge < -0.3 is 9.84 Å². The molecule has 0 aliphatic rings. The zero-order valence-electron chi connectivity index (χ0n) is 21.4. The largest absolute Gasteiger partial charge is 0.488 e. The maximum atomic E-state index is 10.3. The average Bonchev–Trinajstić information content (AvgIpc) is 2.83. The van der Waals surface area contributed by atoms with Crippen molar-refractivity contribution in [2.45, 2.75) is 65.1 Å². The van der Waals surface area contributed by atoms with E-state index in [9.17, 15) is 5.11 Å². The van der Waals surface area contributed by atoms with Crippen molar-refractivity contribution in [1.29, 1.82) is 0 Å². The Labute approximate surface area is 206 Å². The fourth-order valence-electron chi connectivity index (χ4n) is 4.44. The van der Waals surface area contributed by atoms with Crippen molar-refractivity contribution in [3.63, 3.8) is 0 Å². The van der Waals surface area contributed by atoms with Gasteiger partial charge in [0.15, 0.2) is 0 Å². The van der Waals surface area contributed by atoms with Crippen molar-refractivity contribution in [1.82, 2.24) is 4.90 Å². The molecule has 0 fully saturated rings. The van der Waals surface area contributed by atoms with E-state index in [0.29, 0.717) is 12.0 Å². The average molecular weight is 460 g/mol. The molecule has 3 aromatic rings. The molecule has 3 heteroatoms. The van der Waals surface area contributed by atoms with Gasteiger partial charge in [0.1, 0.15) is 11.4 Å². The first-order chi connectivity index (χ1) is 16.2. The maximum Gasteiger partial charge on any atom is 0.120 e. The molecular weight excluding hydrogens is 418 g/mol. The molecule has 182 valence electrons. The molecule has 1 N–H and O–H groups in total. The van der Waals surface area contributed by atoms with Crippen LogP contribution in [0.5, 0.6) is 5.75 Å². The predicted molar refractivity (Wildman–Crippen MR) is 142 cm³/mol. The SMILES string of the molecule is CC(c1ccccc1)[C@H](C)N(Cc1ccccc1)C[C@@H](CO)Cc1ccc(OC(C)(C)C)cc1. The Morgan fingerprint density at radius 1 is 0.794 bits per heavy atom. The van der Waals surface area contributed by atoms with Gasteiger partial charge in [0, 0.05) is 25.7 Å². The van der Waals surface area contributed by atoms with E-state index in [1.165, 1.54) is 16.7 Å². The second-order valence-corrected chi connectivity index (χ2v) is 10.5. The predicted octanol–water partition coefficient (Wildman–Crippen LogP) is 6.71. The molecule has 0 amide bonds. The monoisotopic (exact) mass is 459 g/mol. The molecule has 0 spiro atoms. The first kappa shape index (κ1) is 26.0. The normalized spacial score (nSPS) is 14.6. The van der Waals surface area contributed by atoms with Crippen molar-refractivity contribution >= 4 is 0 Å². The minimum Gasteiger partial charge on any atom is -0.488 e. The van der Waals surface area contributed by atoms with Crippen LogP contribution in [0.4, 0.5) is 0 Å². The molecule has 0 aliphatic carbocycles. The lowest BCUT2D eigenvalue weighted by Crippen LogP contribution is -2.40. The van der Waals surface area contributed by atoms with Crippen LogP contribution in [0.25, 0.3) is 0 Å². The Bertz CT molecular complexity index is 964. The van der Waals surface area contributed by atoms with E-state index in [4.69, 9.17) is 4.74 Å². The number of ether oxygens (including phenoxy) is 1. The van der Waals surface area contributed by atoms with E-state index in [1.54, 1.807) is 0 Å². The van der Waals surface area contributed by atoms with Gasteiger partial charge in [-0.15, -0.1) is 0 Å². The quantitative estimate of drug-likeness (QED) is 0.346. The van der Waals surface area contributed by atoms with E-state index < -0.39 is 0 Å². The third-order valence-electron chi connectivity index (χ3n) is 6.48. The topological polar surface area (TPSA) is 32.7 Å². The summed E-state index contributed by atoms with van der Waals surface area (Å²) in [6.45, 7) is 12.7. The van der Waals surface area contributed by atoms with Crippen LogP contribution in [-0.2, 0) is 13.0 Å². The van der Waals surface area contributed by atoms with Gasteiger partial charge in [-0.05, 0) is 74.8 Å². The number of rotatable bonds is 11. The van der Waals surface area contributed by atoms with Crippen LogP contribution in [0, 0.1) is 5.92 Å². The fourth-order valence-corrected chi connectivity index (χ4v) is 4.44. The molecule has 1 unspecified atom stereocenters. The van der Waals surface area contributed by atoms with Crippen LogP contribution in [0.3, 0.4) is 0 Å². The first-order valence-corrected chi connectivity index (χ1v) is 12.5. The third kappa shape index (κ3) is 8.00. The highest BCUT2D eigenvalue weighted by Gasteiger charge is 2.24. The summed E-state index contributed by atoms with van der Waals surface area (Å²) in [7, 11) is 0. The van der Waals surface area contributed by atoms with Crippen LogP contribution in [-0.4, -0.2) is 34.8 Å². The Kier molecular flexibility index (Phi) is 9.32. The minimum absolute atomic E-state index is 0.156. The summed E-state index contributed by atoms with van der Waals surface area (Å²) < 4.78 is 5.96. The second-order valence-electron chi connectivity index (χ2n) is 10.5. The molecule has 3 nitrogen and oxygen atoms in total. The smallest absolute Gasteiger partial charge is 0.120 e. The zero-order valence-corrected chi connectivity index (χ0v) is 21.4. The van der Waals surface area contributed by atoms with Crippen molar-refractivity contribution in [3.05, 3.63) is 102 Å². The number of hydrogen-bond donors (Lipinski definition) is 1. The molecule has 0 radical (unpaired) electrons. The summed E-state index contributed by atoms with van der Waals surface area (Å²) in [5.41, 5.74) is 3.67. The molecule has 0 aromatic heterocycles. The lowest BCUT2D eigenvalue weighted by molar-refractivity contribution is 0.118. The lowest BCUT2D eigenvalue weighted by atomic mass is 9.91. The number of nitrogens with zero attached hydrogens (tertiary/aromatic N) is 1. The molecule has 3 atom stereocenters. The summed E-state index contributed by atoms with van der Waals surface area (Å²) in [6.07, 6.45) is 0.837. The Balaban J connectivity index is 1.74. The van der Waals surface area contributed by atoms with Crippen LogP contribution >= 0.6 is 0 Å². The van der Waals surface area contributed by atoms with Gasteiger partial charge in [-0.1, -0.05) is 79.7 Å². The molecule has 3 aromatic carbocycles. The van der Waals surface area contributed by atoms with Crippen LogP contribution < -0.4 is 4.74 Å². The van der Waals surface area contributed by atoms with Gasteiger partial charge in [-0.3, -0.25) is 4.90 Å². The summed E-state index contributed by atoms with van der Waals surface area (Å²) in [5, 5.41) is 10.3.